The monoisotopic (exact) mass is 449 g/mol. The minimum atomic E-state index is -0.537. The molecule has 2 aromatic carbocycles. The summed E-state index contributed by atoms with van der Waals surface area (Å²) in [6.45, 7) is 0. The normalized spacial score (nSPS) is 14.6. The molecule has 0 aliphatic carbocycles. The van der Waals surface area contributed by atoms with Crippen LogP contribution < -0.4 is 16.4 Å². The predicted octanol–water partition coefficient (Wildman–Crippen LogP) is 3.61. The molecule has 8 nitrogen and oxygen atoms in total. The molecule has 3 heterocycles. The second-order valence-electron chi connectivity index (χ2n) is 6.38. The van der Waals surface area contributed by atoms with Gasteiger partial charge in [-0.15, -0.1) is 0 Å². The van der Waals surface area contributed by atoms with Gasteiger partial charge in [0.2, 0.25) is 0 Å². The number of H-pyrrole nitrogens is 1. The first-order valence-corrected chi connectivity index (χ1v) is 9.40. The van der Waals surface area contributed by atoms with Gasteiger partial charge in [-0.3, -0.25) is 9.78 Å². The molecule has 29 heavy (non-hydrogen) atoms. The molecular formula is C20H12BrN5O3. The maximum atomic E-state index is 12.9. The van der Waals surface area contributed by atoms with E-state index < -0.39 is 5.76 Å². The number of anilines is 2. The van der Waals surface area contributed by atoms with E-state index in [9.17, 15) is 9.59 Å². The van der Waals surface area contributed by atoms with Crippen LogP contribution in [0.4, 0.5) is 11.4 Å². The number of halogens is 1. The lowest BCUT2D eigenvalue weighted by atomic mass is 10.00. The molecule has 0 unspecified atom stereocenters. The lowest BCUT2D eigenvalue weighted by molar-refractivity contribution is -0.110. The molecule has 0 radical (unpaired) electrons. The van der Waals surface area contributed by atoms with Crippen LogP contribution in [0.15, 0.2) is 68.5 Å². The molecule has 9 heteroatoms. The highest BCUT2D eigenvalue weighted by Gasteiger charge is 2.29. The van der Waals surface area contributed by atoms with E-state index in [1.54, 1.807) is 36.7 Å². The number of carbonyl (C=O) groups is 1. The van der Waals surface area contributed by atoms with E-state index in [1.807, 2.05) is 18.2 Å². The zero-order chi connectivity index (χ0) is 20.0. The largest absolute Gasteiger partial charge is 0.417 e. The number of fused-ring (bicyclic) bond motifs is 2. The van der Waals surface area contributed by atoms with Gasteiger partial charge in [0.25, 0.3) is 5.91 Å². The average Bonchev–Trinajstić information content (AvgIpc) is 3.24. The Hall–Kier alpha value is -3.72. The highest BCUT2D eigenvalue weighted by Crippen LogP contribution is 2.39. The molecule has 0 atom stereocenters. The Balaban J connectivity index is 1.76. The maximum absolute atomic E-state index is 12.9. The zero-order valence-electron chi connectivity index (χ0n) is 14.7. The van der Waals surface area contributed by atoms with Gasteiger partial charge in [-0.1, -0.05) is 22.0 Å². The van der Waals surface area contributed by atoms with Crippen LogP contribution in [-0.2, 0) is 4.79 Å². The Morgan fingerprint density at radius 2 is 1.97 bits per heavy atom. The molecule has 0 saturated heterocycles. The van der Waals surface area contributed by atoms with Crippen LogP contribution in [0, 0.1) is 0 Å². The first-order chi connectivity index (χ1) is 14.1. The van der Waals surface area contributed by atoms with Gasteiger partial charge in [0, 0.05) is 21.3 Å². The first kappa shape index (κ1) is 17.4. The van der Waals surface area contributed by atoms with Gasteiger partial charge in [-0.05, 0) is 36.4 Å². The van der Waals surface area contributed by atoms with Crippen molar-refractivity contribution in [1.82, 2.24) is 15.2 Å². The van der Waals surface area contributed by atoms with Crippen molar-refractivity contribution in [3.63, 3.8) is 0 Å². The summed E-state index contributed by atoms with van der Waals surface area (Å²) < 4.78 is 6.04. The van der Waals surface area contributed by atoms with Gasteiger partial charge >= 0.3 is 5.76 Å². The fourth-order valence-electron chi connectivity index (χ4n) is 3.28. The van der Waals surface area contributed by atoms with Crippen LogP contribution in [0.1, 0.15) is 11.1 Å². The number of rotatable bonds is 3. The van der Waals surface area contributed by atoms with Crippen molar-refractivity contribution in [2.24, 2.45) is 0 Å². The van der Waals surface area contributed by atoms with E-state index in [1.165, 1.54) is 0 Å². The third kappa shape index (κ3) is 3.11. The smallest absolute Gasteiger partial charge is 0.408 e. The summed E-state index contributed by atoms with van der Waals surface area (Å²) in [5.74, 6) is -0.774. The molecular weight excluding hydrogens is 438 g/mol. The second-order valence-corrected chi connectivity index (χ2v) is 7.29. The van der Waals surface area contributed by atoms with Gasteiger partial charge in [0.15, 0.2) is 5.58 Å². The molecule has 0 fully saturated rings. The lowest BCUT2D eigenvalue weighted by Crippen LogP contribution is -2.10. The number of aromatic amines is 1. The predicted molar refractivity (Wildman–Crippen MR) is 112 cm³/mol. The van der Waals surface area contributed by atoms with E-state index in [2.05, 4.69) is 41.7 Å². The van der Waals surface area contributed by atoms with E-state index in [-0.39, 0.29) is 5.91 Å². The van der Waals surface area contributed by atoms with E-state index in [0.717, 1.165) is 15.7 Å². The van der Waals surface area contributed by atoms with Crippen LogP contribution in [0.2, 0.25) is 0 Å². The van der Waals surface area contributed by atoms with Crippen LogP contribution in [0.3, 0.4) is 0 Å². The van der Waals surface area contributed by atoms with Crippen LogP contribution in [0.25, 0.3) is 22.4 Å². The van der Waals surface area contributed by atoms with Crippen molar-refractivity contribution < 1.29 is 9.21 Å². The van der Waals surface area contributed by atoms with E-state index >= 15 is 0 Å². The zero-order valence-corrected chi connectivity index (χ0v) is 16.3. The van der Waals surface area contributed by atoms with Crippen molar-refractivity contribution in [2.75, 3.05) is 10.6 Å². The van der Waals surface area contributed by atoms with Crippen molar-refractivity contribution in [2.45, 2.75) is 0 Å². The van der Waals surface area contributed by atoms with Gasteiger partial charge in [-0.25, -0.2) is 4.79 Å². The average molecular weight is 450 g/mol. The topological polar surface area (TPSA) is 113 Å². The molecule has 4 aromatic rings. The molecule has 2 aromatic heterocycles. The number of hydrogen-bond donors (Lipinski definition) is 3. The summed E-state index contributed by atoms with van der Waals surface area (Å²) in [6, 6.07) is 12.6. The summed E-state index contributed by atoms with van der Waals surface area (Å²) >= 11 is 3.47. The highest BCUT2D eigenvalue weighted by molar-refractivity contribution is 9.10. The minimum absolute atomic E-state index is 0.238. The number of benzene rings is 2. The lowest BCUT2D eigenvalue weighted by Gasteiger charge is -2.14. The molecule has 142 valence electrons. The SMILES string of the molecule is O=C1Nc2ccc(Br)cc2/C1=C(/Nc1ccnnc1)c1ccc2[nH]c(=O)oc2c1. The molecule has 1 amide bonds. The van der Waals surface area contributed by atoms with Gasteiger partial charge in [0.1, 0.15) is 0 Å². The Bertz CT molecular complexity index is 1360. The van der Waals surface area contributed by atoms with Crippen molar-refractivity contribution >= 4 is 55.6 Å². The number of nitrogens with one attached hydrogen (secondary N) is 3. The number of hydrogen-bond acceptors (Lipinski definition) is 6. The van der Waals surface area contributed by atoms with Crippen molar-refractivity contribution in [3.8, 4) is 0 Å². The maximum Gasteiger partial charge on any atom is 0.417 e. The van der Waals surface area contributed by atoms with Crippen molar-refractivity contribution in [3.05, 3.63) is 81.0 Å². The summed E-state index contributed by atoms with van der Waals surface area (Å²) in [5, 5.41) is 13.8. The van der Waals surface area contributed by atoms with E-state index in [4.69, 9.17) is 4.42 Å². The standard InChI is InChI=1S/C20H12BrN5O3/c21-11-2-4-14-13(8-11)17(19(27)25-14)18(24-12-5-6-22-23-9-12)10-1-3-15-16(7-10)29-20(28)26-15/h1-9H,(H,22,24)(H,25,27)(H,26,28)/b18-17-. The number of nitrogens with zero attached hydrogens (tertiary/aromatic N) is 2. The molecule has 0 bridgehead atoms. The fraction of sp³-hybridized carbons (Fsp3) is 0. The number of carbonyl (C=O) groups excluding carboxylic acids is 1. The third-order valence-electron chi connectivity index (χ3n) is 4.54. The number of oxazole rings is 1. The summed E-state index contributed by atoms with van der Waals surface area (Å²) in [5.41, 5.74) is 4.80. The van der Waals surface area contributed by atoms with Crippen LogP contribution >= 0.6 is 15.9 Å². The molecule has 0 saturated carbocycles. The number of aromatic nitrogens is 3. The molecule has 3 N–H and O–H groups in total. The Kier molecular flexibility index (Phi) is 4.02. The van der Waals surface area contributed by atoms with E-state index in [0.29, 0.717) is 33.6 Å². The molecule has 1 aliphatic heterocycles. The minimum Gasteiger partial charge on any atom is -0.408 e. The first-order valence-electron chi connectivity index (χ1n) is 8.61. The second kappa shape index (κ2) is 6.71. The summed E-state index contributed by atoms with van der Waals surface area (Å²) in [4.78, 5) is 27.0. The van der Waals surface area contributed by atoms with Gasteiger partial charge in [-0.2, -0.15) is 10.2 Å². The van der Waals surface area contributed by atoms with Crippen LogP contribution in [-0.4, -0.2) is 21.1 Å². The van der Waals surface area contributed by atoms with Gasteiger partial charge < -0.3 is 15.1 Å². The Morgan fingerprint density at radius 3 is 2.79 bits per heavy atom. The summed E-state index contributed by atoms with van der Waals surface area (Å²) in [7, 11) is 0. The molecule has 0 spiro atoms. The highest BCUT2D eigenvalue weighted by atomic mass is 79.9. The fourth-order valence-corrected chi connectivity index (χ4v) is 3.64. The molecule has 1 aliphatic rings. The quantitative estimate of drug-likeness (QED) is 0.411. The Labute approximate surface area is 171 Å². The van der Waals surface area contributed by atoms with Crippen LogP contribution in [0.5, 0.6) is 0 Å². The van der Waals surface area contributed by atoms with Gasteiger partial charge in [0.05, 0.1) is 34.9 Å². The third-order valence-corrected chi connectivity index (χ3v) is 5.03. The summed E-state index contributed by atoms with van der Waals surface area (Å²) in [6.07, 6.45) is 3.11. The number of amides is 1. The van der Waals surface area contributed by atoms with Crippen molar-refractivity contribution in [1.29, 1.82) is 0 Å². The molecule has 5 rings (SSSR count). The Morgan fingerprint density at radius 1 is 1.07 bits per heavy atom.